The number of carboxylic acids is 1. The van der Waals surface area contributed by atoms with E-state index in [9.17, 15) is 34.5 Å². The highest BCUT2D eigenvalue weighted by molar-refractivity contribution is 5.85. The number of aliphatic hydroxyl groups is 1. The number of phenols is 1. The molecule has 234 valence electrons. The number of aromatic hydroxyl groups is 1. The van der Waals surface area contributed by atoms with Gasteiger partial charge >= 0.3 is 23.9 Å². The molecule has 5 rings (SSSR count). The van der Waals surface area contributed by atoms with E-state index in [1.807, 2.05) is 25.8 Å². The standard InChI is InChI=1S/C32H35NO11/c1-17-10-11-21(35)27-25(17)31-14-15-33(4)18(2)32(31,40)13-12-22(28(31)44-27)42-30(39)26(20-8-6-5-7-9-20)43-24(36)16-23(29(37)38)41-19(3)34/h5-12,18,23,26,28,35,40H,13-16H2,1-4H3,(H,37,38)/t18-,23+,26+,28+,31+,32-/m1/s1. The zero-order valence-corrected chi connectivity index (χ0v) is 24.8. The molecule has 0 bridgehead atoms. The molecule has 44 heavy (non-hydrogen) atoms. The third kappa shape index (κ3) is 5.07. The van der Waals surface area contributed by atoms with Gasteiger partial charge in [-0.2, -0.15) is 0 Å². The maximum Gasteiger partial charge on any atom is 0.357 e. The van der Waals surface area contributed by atoms with Crippen LogP contribution in [0.15, 0.2) is 54.3 Å². The molecule has 2 aromatic carbocycles. The van der Waals surface area contributed by atoms with Crippen LogP contribution in [0.1, 0.15) is 55.9 Å². The monoisotopic (exact) mass is 609 g/mol. The number of benzene rings is 2. The molecule has 3 N–H and O–H groups in total. The summed E-state index contributed by atoms with van der Waals surface area (Å²) in [6.07, 6.45) is -3.12. The largest absolute Gasteiger partial charge is 0.504 e. The number of hydrogen-bond donors (Lipinski definition) is 3. The number of carboxylic acid groups (broad SMARTS) is 1. The van der Waals surface area contributed by atoms with Gasteiger partial charge in [0.05, 0.1) is 17.4 Å². The highest BCUT2D eigenvalue weighted by Gasteiger charge is 2.69. The van der Waals surface area contributed by atoms with Gasteiger partial charge in [0.1, 0.15) is 5.76 Å². The number of aliphatic carboxylic acids is 1. The zero-order valence-electron chi connectivity index (χ0n) is 24.8. The van der Waals surface area contributed by atoms with Gasteiger partial charge in [-0.05, 0) is 51.6 Å². The number of rotatable bonds is 8. The summed E-state index contributed by atoms with van der Waals surface area (Å²) in [7, 11) is 1.92. The van der Waals surface area contributed by atoms with Gasteiger partial charge < -0.3 is 39.2 Å². The van der Waals surface area contributed by atoms with Crippen LogP contribution >= 0.6 is 0 Å². The lowest BCUT2D eigenvalue weighted by Gasteiger charge is -2.58. The molecule has 12 heteroatoms. The minimum atomic E-state index is -1.81. The van der Waals surface area contributed by atoms with E-state index in [1.165, 1.54) is 18.2 Å². The number of ether oxygens (including phenoxy) is 4. The minimum Gasteiger partial charge on any atom is -0.504 e. The molecule has 0 unspecified atom stereocenters. The molecule has 3 aliphatic rings. The number of likely N-dealkylation sites (N-methyl/N-ethyl adjacent to an activating group) is 1. The molecule has 0 radical (unpaired) electrons. The lowest BCUT2D eigenvalue weighted by atomic mass is 9.54. The van der Waals surface area contributed by atoms with E-state index in [4.69, 9.17) is 18.9 Å². The quantitative estimate of drug-likeness (QED) is 0.296. The Morgan fingerprint density at radius 1 is 1.11 bits per heavy atom. The van der Waals surface area contributed by atoms with Gasteiger partial charge in [-0.3, -0.25) is 9.59 Å². The smallest absolute Gasteiger partial charge is 0.357 e. The molecule has 6 atom stereocenters. The van der Waals surface area contributed by atoms with Crippen molar-refractivity contribution >= 4 is 23.9 Å². The first-order valence-electron chi connectivity index (χ1n) is 14.3. The molecule has 2 aliphatic heterocycles. The molecule has 1 spiro atoms. The Morgan fingerprint density at radius 2 is 1.82 bits per heavy atom. The highest BCUT2D eigenvalue weighted by Crippen LogP contribution is 2.62. The van der Waals surface area contributed by atoms with Crippen LogP contribution in [0.3, 0.4) is 0 Å². The number of carbonyl (C=O) groups excluding carboxylic acids is 3. The summed E-state index contributed by atoms with van der Waals surface area (Å²) in [5, 5.41) is 32.5. The second-order valence-electron chi connectivity index (χ2n) is 11.6. The Bertz CT molecular complexity index is 1520. The van der Waals surface area contributed by atoms with Crippen LogP contribution in [0.25, 0.3) is 0 Å². The maximum absolute atomic E-state index is 13.8. The Hall–Kier alpha value is -4.42. The summed E-state index contributed by atoms with van der Waals surface area (Å²) in [6.45, 7) is 5.39. The molecule has 12 nitrogen and oxygen atoms in total. The van der Waals surface area contributed by atoms with E-state index in [-0.39, 0.29) is 35.3 Å². The molecule has 0 amide bonds. The van der Waals surface area contributed by atoms with Crippen molar-refractivity contribution in [3.63, 3.8) is 0 Å². The SMILES string of the molecule is CC(=O)O[C@@H](CC(=O)O[C@H](C(=O)OC1=CC[C@@]2(O)[C@@H](C)N(C)CC[C@@]23c2c(C)ccc(O)c2O[C@@H]13)c1ccccc1)C(=O)O. The summed E-state index contributed by atoms with van der Waals surface area (Å²) in [5.41, 5.74) is -0.704. The van der Waals surface area contributed by atoms with Crippen LogP contribution in [-0.2, 0) is 38.8 Å². The Labute approximate surface area is 253 Å². The van der Waals surface area contributed by atoms with Crippen molar-refractivity contribution in [2.75, 3.05) is 13.6 Å². The average molecular weight is 610 g/mol. The molecule has 1 saturated heterocycles. The van der Waals surface area contributed by atoms with Gasteiger partial charge in [0.25, 0.3) is 0 Å². The van der Waals surface area contributed by atoms with E-state index >= 15 is 0 Å². The predicted molar refractivity (Wildman–Crippen MR) is 152 cm³/mol. The van der Waals surface area contributed by atoms with Gasteiger partial charge in [-0.1, -0.05) is 36.4 Å². The van der Waals surface area contributed by atoms with Crippen LogP contribution in [0, 0.1) is 6.92 Å². The fourth-order valence-corrected chi connectivity index (χ4v) is 6.77. The Balaban J connectivity index is 1.48. The van der Waals surface area contributed by atoms with Crippen LogP contribution in [0.4, 0.5) is 0 Å². The summed E-state index contributed by atoms with van der Waals surface area (Å²) in [4.78, 5) is 51.5. The van der Waals surface area contributed by atoms with E-state index in [2.05, 4.69) is 0 Å². The summed E-state index contributed by atoms with van der Waals surface area (Å²) in [5.74, 6) is -4.35. The summed E-state index contributed by atoms with van der Waals surface area (Å²) < 4.78 is 22.4. The molecule has 2 aromatic rings. The van der Waals surface area contributed by atoms with Crippen LogP contribution in [0.2, 0.25) is 0 Å². The van der Waals surface area contributed by atoms with Crippen molar-refractivity contribution in [3.05, 3.63) is 71.0 Å². The molecule has 0 aromatic heterocycles. The molecule has 1 fully saturated rings. The lowest BCUT2D eigenvalue weighted by molar-refractivity contribution is -0.176. The number of carbonyl (C=O) groups is 4. The molecule has 0 saturated carbocycles. The molecule has 2 heterocycles. The molecular weight excluding hydrogens is 574 g/mol. The van der Waals surface area contributed by atoms with E-state index in [1.54, 1.807) is 30.3 Å². The first-order chi connectivity index (χ1) is 20.8. The normalized spacial score (nSPS) is 26.9. The van der Waals surface area contributed by atoms with E-state index in [0.717, 1.165) is 12.5 Å². The number of esters is 3. The summed E-state index contributed by atoms with van der Waals surface area (Å²) >= 11 is 0. The van der Waals surface area contributed by atoms with Gasteiger partial charge in [0.2, 0.25) is 12.2 Å². The van der Waals surface area contributed by atoms with E-state index in [0.29, 0.717) is 18.5 Å². The maximum atomic E-state index is 13.8. The number of nitrogens with zero attached hydrogens (tertiary/aromatic N) is 1. The second-order valence-corrected chi connectivity index (χ2v) is 11.6. The average Bonchev–Trinajstić information content (AvgIpc) is 3.35. The first kappa shape index (κ1) is 31.0. The number of phenolic OH excluding ortho intramolecular Hbond substituents is 1. The van der Waals surface area contributed by atoms with Crippen molar-refractivity contribution in [1.82, 2.24) is 4.90 Å². The van der Waals surface area contributed by atoms with Crippen LogP contribution in [-0.4, -0.2) is 81.5 Å². The van der Waals surface area contributed by atoms with Gasteiger partial charge in [-0.25, -0.2) is 9.59 Å². The fraction of sp³-hybridized carbons (Fsp3) is 0.438. The fourth-order valence-electron chi connectivity index (χ4n) is 6.77. The number of fused-ring (bicyclic) bond motifs is 1. The predicted octanol–water partition coefficient (Wildman–Crippen LogP) is 2.68. The van der Waals surface area contributed by atoms with Crippen molar-refractivity contribution in [2.24, 2.45) is 0 Å². The van der Waals surface area contributed by atoms with Crippen molar-refractivity contribution < 1.29 is 53.4 Å². The van der Waals surface area contributed by atoms with Gasteiger partial charge in [0.15, 0.2) is 17.6 Å². The van der Waals surface area contributed by atoms with Crippen molar-refractivity contribution in [3.8, 4) is 11.5 Å². The second kappa shape index (κ2) is 11.6. The van der Waals surface area contributed by atoms with E-state index < -0.39 is 59.6 Å². The molecule has 1 aliphatic carbocycles. The Kier molecular flexibility index (Phi) is 8.17. The summed E-state index contributed by atoms with van der Waals surface area (Å²) in [6, 6.07) is 11.0. The zero-order chi connectivity index (χ0) is 32.0. The topological polar surface area (TPSA) is 169 Å². The highest BCUT2D eigenvalue weighted by atomic mass is 16.6. The third-order valence-electron chi connectivity index (χ3n) is 9.05. The molecular formula is C32H35NO11. The third-order valence-corrected chi connectivity index (χ3v) is 9.05. The van der Waals surface area contributed by atoms with Gasteiger partial charge in [-0.15, -0.1) is 0 Å². The van der Waals surface area contributed by atoms with Gasteiger partial charge in [0, 0.05) is 30.5 Å². The minimum absolute atomic E-state index is 0.0896. The lowest BCUT2D eigenvalue weighted by Crippen LogP contribution is -2.71. The number of aryl methyl sites for hydroxylation is 1. The van der Waals surface area contributed by atoms with Crippen LogP contribution < -0.4 is 4.74 Å². The first-order valence-corrected chi connectivity index (χ1v) is 14.3. The van der Waals surface area contributed by atoms with Crippen LogP contribution in [0.5, 0.6) is 11.5 Å². The van der Waals surface area contributed by atoms with Crippen molar-refractivity contribution in [2.45, 2.75) is 75.4 Å². The number of piperidine rings is 1. The number of likely N-dealkylation sites (tertiary alicyclic amines) is 1. The Morgan fingerprint density at radius 3 is 2.48 bits per heavy atom. The van der Waals surface area contributed by atoms with Crippen molar-refractivity contribution in [1.29, 1.82) is 0 Å². The number of hydrogen-bond acceptors (Lipinski definition) is 11.